The maximum absolute atomic E-state index is 6.23. The Labute approximate surface area is 136 Å². The lowest BCUT2D eigenvalue weighted by Crippen LogP contribution is -2.03. The van der Waals surface area contributed by atoms with Gasteiger partial charge >= 0.3 is 0 Å². The van der Waals surface area contributed by atoms with E-state index in [-0.39, 0.29) is 0 Å². The average molecular weight is 321 g/mol. The van der Waals surface area contributed by atoms with Crippen molar-refractivity contribution in [2.75, 3.05) is 11.9 Å². The summed E-state index contributed by atoms with van der Waals surface area (Å²) < 4.78 is 0. The van der Waals surface area contributed by atoms with Crippen molar-refractivity contribution in [3.8, 4) is 0 Å². The van der Waals surface area contributed by atoms with Crippen LogP contribution in [0.4, 0.5) is 5.82 Å². The molecule has 21 heavy (non-hydrogen) atoms. The van der Waals surface area contributed by atoms with E-state index in [9.17, 15) is 0 Å². The fraction of sp³-hybridized carbons (Fsp3) is 0.353. The summed E-state index contributed by atoms with van der Waals surface area (Å²) in [6, 6.07) is 12.5. The molecule has 0 aliphatic carbocycles. The van der Waals surface area contributed by atoms with Crippen LogP contribution in [-0.4, -0.2) is 11.5 Å². The Kier molecular flexibility index (Phi) is 6.40. The van der Waals surface area contributed by atoms with E-state index >= 15 is 0 Å². The van der Waals surface area contributed by atoms with E-state index in [1.54, 1.807) is 0 Å². The molecule has 1 aromatic heterocycles. The summed E-state index contributed by atoms with van der Waals surface area (Å²) in [6.45, 7) is 5.20. The fourth-order valence-electron chi connectivity index (χ4n) is 2.00. The predicted molar refractivity (Wildman–Crippen MR) is 94.2 cm³/mol. The van der Waals surface area contributed by atoms with E-state index in [1.165, 1.54) is 11.1 Å². The van der Waals surface area contributed by atoms with Crippen LogP contribution in [0.3, 0.4) is 0 Å². The number of halogens is 1. The smallest absolute Gasteiger partial charge is 0.126 e. The van der Waals surface area contributed by atoms with E-state index in [0.717, 1.165) is 41.0 Å². The maximum Gasteiger partial charge on any atom is 0.126 e. The summed E-state index contributed by atoms with van der Waals surface area (Å²) in [4.78, 5) is 4.59. The van der Waals surface area contributed by atoms with Gasteiger partial charge in [0.05, 0.1) is 10.7 Å². The van der Waals surface area contributed by atoms with Gasteiger partial charge in [-0.25, -0.2) is 4.98 Å². The molecule has 1 N–H and O–H groups in total. The van der Waals surface area contributed by atoms with Crippen molar-refractivity contribution in [1.82, 2.24) is 4.98 Å². The van der Waals surface area contributed by atoms with Gasteiger partial charge in [-0.1, -0.05) is 48.4 Å². The quantitative estimate of drug-likeness (QED) is 0.749. The molecule has 0 fully saturated rings. The number of aryl methyl sites for hydroxylation is 1. The third kappa shape index (κ3) is 5.25. The van der Waals surface area contributed by atoms with E-state index in [2.05, 4.69) is 48.4 Å². The molecule has 0 radical (unpaired) electrons. The van der Waals surface area contributed by atoms with Gasteiger partial charge in [-0.05, 0) is 31.0 Å². The van der Waals surface area contributed by atoms with Crippen molar-refractivity contribution < 1.29 is 0 Å². The molecule has 0 spiro atoms. The zero-order valence-electron chi connectivity index (χ0n) is 12.5. The highest BCUT2D eigenvalue weighted by atomic mass is 35.5. The van der Waals surface area contributed by atoms with Crippen LogP contribution in [0.5, 0.6) is 0 Å². The lowest BCUT2D eigenvalue weighted by atomic mass is 10.2. The van der Waals surface area contributed by atoms with Crippen LogP contribution in [0.15, 0.2) is 36.4 Å². The molecule has 0 amide bonds. The van der Waals surface area contributed by atoms with Crippen LogP contribution in [0.2, 0.25) is 5.02 Å². The van der Waals surface area contributed by atoms with Gasteiger partial charge in [-0.15, -0.1) is 0 Å². The highest BCUT2D eigenvalue weighted by Gasteiger charge is 2.05. The summed E-state index contributed by atoms with van der Waals surface area (Å²) in [5, 5.41) is 4.04. The Morgan fingerprint density at radius 1 is 1.19 bits per heavy atom. The summed E-state index contributed by atoms with van der Waals surface area (Å²) >= 11 is 8.07. The van der Waals surface area contributed by atoms with E-state index in [4.69, 9.17) is 11.6 Å². The second-order valence-corrected chi connectivity index (χ2v) is 6.43. The molecule has 0 saturated heterocycles. The fourth-order valence-corrected chi connectivity index (χ4v) is 3.19. The number of thioether (sulfide) groups is 1. The first-order chi connectivity index (χ1) is 10.2. The molecule has 2 aromatic rings. The SMILES string of the molecule is CCCNc1ccc(Cl)c(CSCc2cccc(C)c2)n1. The normalized spacial score (nSPS) is 10.6. The number of benzene rings is 1. The van der Waals surface area contributed by atoms with Crippen molar-refractivity contribution in [2.24, 2.45) is 0 Å². The molecule has 0 bridgehead atoms. The largest absolute Gasteiger partial charge is 0.370 e. The van der Waals surface area contributed by atoms with Crippen molar-refractivity contribution in [3.63, 3.8) is 0 Å². The van der Waals surface area contributed by atoms with Gasteiger partial charge in [-0.3, -0.25) is 0 Å². The van der Waals surface area contributed by atoms with Gasteiger partial charge in [0, 0.05) is 18.1 Å². The first kappa shape index (κ1) is 16.2. The Morgan fingerprint density at radius 3 is 2.81 bits per heavy atom. The number of anilines is 1. The number of hydrogen-bond donors (Lipinski definition) is 1. The van der Waals surface area contributed by atoms with E-state index in [1.807, 2.05) is 23.9 Å². The van der Waals surface area contributed by atoms with Gasteiger partial charge in [0.2, 0.25) is 0 Å². The minimum Gasteiger partial charge on any atom is -0.370 e. The van der Waals surface area contributed by atoms with Gasteiger partial charge in [-0.2, -0.15) is 11.8 Å². The molecule has 2 rings (SSSR count). The van der Waals surface area contributed by atoms with Gasteiger partial charge in [0.15, 0.2) is 0 Å². The molecule has 0 aliphatic heterocycles. The molecule has 0 aliphatic rings. The Hall–Kier alpha value is -1.19. The summed E-state index contributed by atoms with van der Waals surface area (Å²) in [7, 11) is 0. The molecule has 1 aromatic carbocycles. The highest BCUT2D eigenvalue weighted by Crippen LogP contribution is 2.24. The zero-order chi connectivity index (χ0) is 15.1. The number of aromatic nitrogens is 1. The second-order valence-electron chi connectivity index (χ2n) is 5.03. The van der Waals surface area contributed by atoms with Crippen LogP contribution < -0.4 is 5.32 Å². The Balaban J connectivity index is 1.92. The van der Waals surface area contributed by atoms with Crippen LogP contribution in [0.1, 0.15) is 30.2 Å². The maximum atomic E-state index is 6.23. The number of nitrogens with one attached hydrogen (secondary N) is 1. The summed E-state index contributed by atoms with van der Waals surface area (Å²) in [6.07, 6.45) is 1.09. The van der Waals surface area contributed by atoms with Gasteiger partial charge < -0.3 is 5.32 Å². The van der Waals surface area contributed by atoms with E-state index in [0.29, 0.717) is 0 Å². The lowest BCUT2D eigenvalue weighted by Gasteiger charge is -2.08. The number of rotatable bonds is 7. The number of hydrogen-bond acceptors (Lipinski definition) is 3. The van der Waals surface area contributed by atoms with Crippen LogP contribution >= 0.6 is 23.4 Å². The average Bonchev–Trinajstić information content (AvgIpc) is 2.48. The molecule has 1 heterocycles. The monoisotopic (exact) mass is 320 g/mol. The first-order valence-electron chi connectivity index (χ1n) is 7.21. The van der Waals surface area contributed by atoms with Crippen LogP contribution in [0, 0.1) is 6.92 Å². The number of nitrogens with zero attached hydrogens (tertiary/aromatic N) is 1. The molecule has 0 saturated carbocycles. The minimum atomic E-state index is 0.744. The van der Waals surface area contributed by atoms with Crippen molar-refractivity contribution in [1.29, 1.82) is 0 Å². The molecule has 112 valence electrons. The lowest BCUT2D eigenvalue weighted by molar-refractivity contribution is 0.965. The molecule has 4 heteroatoms. The standard InChI is InChI=1S/C17H21ClN2S/c1-3-9-19-17-8-7-15(18)16(20-17)12-21-11-14-6-4-5-13(2)10-14/h4-8,10H,3,9,11-12H2,1-2H3,(H,19,20). The van der Waals surface area contributed by atoms with Crippen LogP contribution in [-0.2, 0) is 11.5 Å². The summed E-state index contributed by atoms with van der Waals surface area (Å²) in [5.41, 5.74) is 3.60. The first-order valence-corrected chi connectivity index (χ1v) is 8.75. The van der Waals surface area contributed by atoms with Crippen molar-refractivity contribution in [2.45, 2.75) is 31.8 Å². The van der Waals surface area contributed by atoms with Crippen molar-refractivity contribution in [3.05, 3.63) is 58.2 Å². The number of pyridine rings is 1. The highest BCUT2D eigenvalue weighted by molar-refractivity contribution is 7.97. The van der Waals surface area contributed by atoms with Crippen LogP contribution in [0.25, 0.3) is 0 Å². The zero-order valence-corrected chi connectivity index (χ0v) is 14.1. The second kappa shape index (κ2) is 8.30. The predicted octanol–water partition coefficient (Wildman–Crippen LogP) is 5.30. The third-order valence-electron chi connectivity index (χ3n) is 3.06. The molecule has 2 nitrogen and oxygen atoms in total. The van der Waals surface area contributed by atoms with Gasteiger partial charge in [0.25, 0.3) is 0 Å². The molecular formula is C17H21ClN2S. The van der Waals surface area contributed by atoms with E-state index < -0.39 is 0 Å². The Bertz CT molecular complexity index is 587. The molecule has 0 unspecified atom stereocenters. The molecular weight excluding hydrogens is 300 g/mol. The van der Waals surface area contributed by atoms with Crippen molar-refractivity contribution >= 4 is 29.2 Å². The Morgan fingerprint density at radius 2 is 2.05 bits per heavy atom. The minimum absolute atomic E-state index is 0.744. The summed E-state index contributed by atoms with van der Waals surface area (Å²) in [5.74, 6) is 2.72. The van der Waals surface area contributed by atoms with Gasteiger partial charge in [0.1, 0.15) is 5.82 Å². The topological polar surface area (TPSA) is 24.9 Å². The molecule has 0 atom stereocenters. The third-order valence-corrected chi connectivity index (χ3v) is 4.42.